The molecule has 1 aliphatic heterocycles. The molecule has 106 valence electrons. The fourth-order valence-corrected chi connectivity index (χ4v) is 1.99. The fraction of sp³-hybridized carbons (Fsp3) is 0.571. The molecule has 1 aromatic rings. The van der Waals surface area contributed by atoms with Crippen LogP contribution in [-0.2, 0) is 16.1 Å². The Labute approximate surface area is 112 Å². The standard InChI is InChI=1S/C14H20O5/c1-14(9-15)13(19-14)12(17)11(16)8-18-7-10-5-3-2-4-6-10/h2-6,11-13,15-17H,7-9H2,1H3/t11-,12+,13-,14-/m0/s1. The molecule has 3 N–H and O–H groups in total. The van der Waals surface area contributed by atoms with Gasteiger partial charge in [0, 0.05) is 0 Å². The minimum Gasteiger partial charge on any atom is -0.393 e. The molecule has 1 aliphatic rings. The van der Waals surface area contributed by atoms with Crippen LogP contribution in [-0.4, -0.2) is 52.4 Å². The van der Waals surface area contributed by atoms with Crippen LogP contribution in [0.3, 0.4) is 0 Å². The molecule has 0 bridgehead atoms. The predicted molar refractivity (Wildman–Crippen MR) is 68.5 cm³/mol. The summed E-state index contributed by atoms with van der Waals surface area (Å²) < 4.78 is 10.5. The highest BCUT2D eigenvalue weighted by Crippen LogP contribution is 2.38. The van der Waals surface area contributed by atoms with Crippen LogP contribution >= 0.6 is 0 Å². The van der Waals surface area contributed by atoms with Gasteiger partial charge in [0.15, 0.2) is 0 Å². The van der Waals surface area contributed by atoms with Gasteiger partial charge in [-0.2, -0.15) is 0 Å². The SMILES string of the molecule is C[C@@]1(CO)O[C@H]1[C@H](O)[C@@H](O)COCc1ccccc1. The summed E-state index contributed by atoms with van der Waals surface area (Å²) in [6.45, 7) is 1.93. The molecule has 4 atom stereocenters. The summed E-state index contributed by atoms with van der Waals surface area (Å²) in [4.78, 5) is 0. The van der Waals surface area contributed by atoms with Crippen LogP contribution in [0.15, 0.2) is 30.3 Å². The molecular weight excluding hydrogens is 248 g/mol. The van der Waals surface area contributed by atoms with Crippen molar-refractivity contribution >= 4 is 0 Å². The van der Waals surface area contributed by atoms with Gasteiger partial charge in [-0.3, -0.25) is 0 Å². The Hall–Kier alpha value is -0.980. The molecule has 0 aliphatic carbocycles. The predicted octanol–water partition coefficient (Wildman–Crippen LogP) is 0.0748. The lowest BCUT2D eigenvalue weighted by Gasteiger charge is -2.17. The third-order valence-electron chi connectivity index (χ3n) is 3.36. The van der Waals surface area contributed by atoms with Crippen LogP contribution < -0.4 is 0 Å². The fourth-order valence-electron chi connectivity index (χ4n) is 1.99. The van der Waals surface area contributed by atoms with E-state index in [0.29, 0.717) is 6.61 Å². The zero-order valence-electron chi connectivity index (χ0n) is 10.9. The molecule has 5 nitrogen and oxygen atoms in total. The summed E-state index contributed by atoms with van der Waals surface area (Å²) in [5, 5.41) is 28.7. The molecule has 0 spiro atoms. The molecule has 1 aromatic carbocycles. The Morgan fingerprint density at radius 3 is 2.58 bits per heavy atom. The van der Waals surface area contributed by atoms with Gasteiger partial charge in [-0.25, -0.2) is 0 Å². The number of benzene rings is 1. The summed E-state index contributed by atoms with van der Waals surface area (Å²) in [6.07, 6.45) is -2.61. The van der Waals surface area contributed by atoms with Crippen LogP contribution in [0.25, 0.3) is 0 Å². The molecular formula is C14H20O5. The van der Waals surface area contributed by atoms with E-state index in [1.165, 1.54) is 0 Å². The van der Waals surface area contributed by atoms with Gasteiger partial charge in [0.25, 0.3) is 0 Å². The largest absolute Gasteiger partial charge is 0.393 e. The van der Waals surface area contributed by atoms with Crippen molar-refractivity contribution in [3.8, 4) is 0 Å². The molecule has 5 heteroatoms. The molecule has 0 aromatic heterocycles. The molecule has 0 saturated carbocycles. The highest BCUT2D eigenvalue weighted by Gasteiger charge is 2.57. The van der Waals surface area contributed by atoms with Crippen molar-refractivity contribution in [2.24, 2.45) is 0 Å². The Morgan fingerprint density at radius 2 is 2.00 bits per heavy atom. The van der Waals surface area contributed by atoms with Crippen molar-refractivity contribution in [1.29, 1.82) is 0 Å². The first-order valence-electron chi connectivity index (χ1n) is 6.33. The Bertz CT molecular complexity index is 396. The number of epoxide rings is 1. The zero-order chi connectivity index (χ0) is 13.9. The second-order valence-electron chi connectivity index (χ2n) is 5.07. The van der Waals surface area contributed by atoms with Gasteiger partial charge in [-0.1, -0.05) is 30.3 Å². The van der Waals surface area contributed by atoms with Gasteiger partial charge in [0.1, 0.15) is 23.9 Å². The molecule has 1 saturated heterocycles. The maximum Gasteiger partial charge on any atom is 0.118 e. The third-order valence-corrected chi connectivity index (χ3v) is 3.36. The molecule has 1 heterocycles. The topological polar surface area (TPSA) is 82.5 Å². The normalized spacial score (nSPS) is 28.9. The van der Waals surface area contributed by atoms with Gasteiger partial charge >= 0.3 is 0 Å². The first kappa shape index (κ1) is 14.4. The smallest absolute Gasteiger partial charge is 0.118 e. The summed E-state index contributed by atoms with van der Waals surface area (Å²) in [5.41, 5.74) is 0.270. The highest BCUT2D eigenvalue weighted by molar-refractivity contribution is 5.13. The van der Waals surface area contributed by atoms with E-state index in [1.807, 2.05) is 30.3 Å². The lowest BCUT2D eigenvalue weighted by Crippen LogP contribution is -2.38. The van der Waals surface area contributed by atoms with Gasteiger partial charge in [-0.15, -0.1) is 0 Å². The number of rotatable bonds is 7. The van der Waals surface area contributed by atoms with E-state index >= 15 is 0 Å². The monoisotopic (exact) mass is 268 g/mol. The summed E-state index contributed by atoms with van der Waals surface area (Å²) in [7, 11) is 0. The van der Waals surface area contributed by atoms with Gasteiger partial charge in [0.2, 0.25) is 0 Å². The highest BCUT2D eigenvalue weighted by atomic mass is 16.6. The quantitative estimate of drug-likeness (QED) is 0.610. The molecule has 0 radical (unpaired) electrons. The van der Waals surface area contributed by atoms with Crippen LogP contribution in [0.4, 0.5) is 0 Å². The third kappa shape index (κ3) is 3.52. The van der Waals surface area contributed by atoms with E-state index in [4.69, 9.17) is 14.6 Å². The first-order chi connectivity index (χ1) is 9.07. The van der Waals surface area contributed by atoms with Crippen molar-refractivity contribution in [3.63, 3.8) is 0 Å². The Balaban J connectivity index is 1.72. The Morgan fingerprint density at radius 1 is 1.32 bits per heavy atom. The van der Waals surface area contributed by atoms with Crippen LogP contribution in [0.2, 0.25) is 0 Å². The van der Waals surface area contributed by atoms with E-state index < -0.39 is 23.9 Å². The van der Waals surface area contributed by atoms with Crippen molar-refractivity contribution in [2.75, 3.05) is 13.2 Å². The summed E-state index contributed by atoms with van der Waals surface area (Å²) in [6, 6.07) is 9.59. The molecule has 19 heavy (non-hydrogen) atoms. The number of aliphatic hydroxyl groups is 3. The van der Waals surface area contributed by atoms with Crippen molar-refractivity contribution in [3.05, 3.63) is 35.9 Å². The van der Waals surface area contributed by atoms with E-state index in [9.17, 15) is 10.2 Å². The lowest BCUT2D eigenvalue weighted by atomic mass is 10.0. The van der Waals surface area contributed by atoms with Crippen molar-refractivity contribution in [2.45, 2.75) is 37.4 Å². The van der Waals surface area contributed by atoms with Crippen LogP contribution in [0.1, 0.15) is 12.5 Å². The maximum atomic E-state index is 9.86. The van der Waals surface area contributed by atoms with Crippen LogP contribution in [0, 0.1) is 0 Å². The second-order valence-corrected chi connectivity index (χ2v) is 5.07. The molecule has 1 fully saturated rings. The zero-order valence-corrected chi connectivity index (χ0v) is 10.9. The lowest BCUT2D eigenvalue weighted by molar-refractivity contribution is -0.0512. The van der Waals surface area contributed by atoms with E-state index in [-0.39, 0.29) is 13.2 Å². The van der Waals surface area contributed by atoms with Gasteiger partial charge in [-0.05, 0) is 12.5 Å². The minimum absolute atomic E-state index is 0.0252. The molecule has 0 amide bonds. The van der Waals surface area contributed by atoms with Crippen molar-refractivity contribution < 1.29 is 24.8 Å². The molecule has 0 unspecified atom stereocenters. The molecule has 2 rings (SSSR count). The second kappa shape index (κ2) is 5.98. The average Bonchev–Trinajstić information content (AvgIpc) is 3.12. The Kier molecular flexibility index (Phi) is 4.54. The van der Waals surface area contributed by atoms with E-state index in [0.717, 1.165) is 5.56 Å². The van der Waals surface area contributed by atoms with Gasteiger partial charge in [0.05, 0.1) is 19.8 Å². The van der Waals surface area contributed by atoms with Crippen LogP contribution in [0.5, 0.6) is 0 Å². The average molecular weight is 268 g/mol. The number of ether oxygens (including phenoxy) is 2. The number of hydrogen-bond donors (Lipinski definition) is 3. The van der Waals surface area contributed by atoms with E-state index in [2.05, 4.69) is 0 Å². The maximum absolute atomic E-state index is 9.86. The van der Waals surface area contributed by atoms with E-state index in [1.54, 1.807) is 6.92 Å². The summed E-state index contributed by atoms with van der Waals surface area (Å²) in [5.74, 6) is 0. The summed E-state index contributed by atoms with van der Waals surface area (Å²) >= 11 is 0. The van der Waals surface area contributed by atoms with Gasteiger partial charge < -0.3 is 24.8 Å². The van der Waals surface area contributed by atoms with Crippen molar-refractivity contribution in [1.82, 2.24) is 0 Å². The number of aliphatic hydroxyl groups excluding tert-OH is 3. The first-order valence-corrected chi connectivity index (χ1v) is 6.33. The minimum atomic E-state index is -1.05. The number of hydrogen-bond acceptors (Lipinski definition) is 5.